The van der Waals surface area contributed by atoms with Crippen LogP contribution in [0.5, 0.6) is 0 Å². The first-order valence-electron chi connectivity index (χ1n) is 8.07. The molecule has 0 aliphatic heterocycles. The summed E-state index contributed by atoms with van der Waals surface area (Å²) < 4.78 is 57.3. The number of nitrogens with one attached hydrogen (secondary N) is 1. The maximum absolute atomic E-state index is 12.4. The maximum Gasteiger partial charge on any atom is 0.276 e. The molecule has 0 saturated heterocycles. The molecule has 0 unspecified atom stereocenters. The van der Waals surface area contributed by atoms with E-state index in [-0.39, 0.29) is 16.2 Å². The molecule has 2 atom stereocenters. The van der Waals surface area contributed by atoms with Gasteiger partial charge in [-0.3, -0.25) is 4.55 Å². The van der Waals surface area contributed by atoms with E-state index in [1.165, 1.54) is 12.1 Å². The van der Waals surface area contributed by atoms with Crippen molar-refractivity contribution in [2.24, 2.45) is 21.8 Å². The number of fused-ring (bicyclic) bond motifs is 2. The average Bonchev–Trinajstić information content (AvgIpc) is 2.86. The molecule has 2 aliphatic carbocycles. The van der Waals surface area contributed by atoms with Crippen LogP contribution in [0.25, 0.3) is 0 Å². The van der Waals surface area contributed by atoms with E-state index in [4.69, 9.17) is 0 Å². The molecule has 1 aromatic rings. The fourth-order valence-corrected chi connectivity index (χ4v) is 6.53. The highest BCUT2D eigenvalue weighted by molar-refractivity contribution is 7.89. The third-order valence-corrected chi connectivity index (χ3v) is 8.03. The van der Waals surface area contributed by atoms with Gasteiger partial charge < -0.3 is 0 Å². The molecular weight excluding hydrogens is 364 g/mol. The van der Waals surface area contributed by atoms with Crippen molar-refractivity contribution in [2.75, 3.05) is 5.75 Å². The number of benzene rings is 1. The normalized spacial score (nSPS) is 29.9. The van der Waals surface area contributed by atoms with Crippen LogP contribution in [0.4, 0.5) is 0 Å². The largest absolute Gasteiger partial charge is 0.286 e. The molecule has 2 saturated carbocycles. The molecule has 0 amide bonds. The average molecular weight is 386 g/mol. The second-order valence-corrected chi connectivity index (χ2v) is 10.5. The summed E-state index contributed by atoms with van der Waals surface area (Å²) in [7, 11) is -8.04. The SMILES string of the molecule is CC1(C)[C@@H]2CC[C@@]1(CS(=O)(=O)O)/C(=N/NS(=O)(=O)c1ccccc1)C2. The second-order valence-electron chi connectivity index (χ2n) is 7.44. The van der Waals surface area contributed by atoms with Crippen LogP contribution in [0, 0.1) is 16.7 Å². The molecule has 2 bridgehead atoms. The molecule has 7 nitrogen and oxygen atoms in total. The Morgan fingerprint density at radius 3 is 2.40 bits per heavy atom. The highest BCUT2D eigenvalue weighted by Gasteiger charge is 2.64. The van der Waals surface area contributed by atoms with Gasteiger partial charge in [-0.25, -0.2) is 4.83 Å². The van der Waals surface area contributed by atoms with Crippen LogP contribution in [-0.4, -0.2) is 32.9 Å². The van der Waals surface area contributed by atoms with E-state index in [2.05, 4.69) is 9.93 Å². The zero-order valence-corrected chi connectivity index (χ0v) is 15.8. The van der Waals surface area contributed by atoms with Crippen molar-refractivity contribution in [3.05, 3.63) is 30.3 Å². The summed E-state index contributed by atoms with van der Waals surface area (Å²) in [6.45, 7) is 3.92. The predicted octanol–water partition coefficient (Wildman–Crippen LogP) is 2.03. The predicted molar refractivity (Wildman–Crippen MR) is 94.2 cm³/mol. The van der Waals surface area contributed by atoms with Crippen molar-refractivity contribution in [3.63, 3.8) is 0 Å². The van der Waals surface area contributed by atoms with Crippen molar-refractivity contribution < 1.29 is 21.4 Å². The fraction of sp³-hybridized carbons (Fsp3) is 0.562. The molecule has 0 radical (unpaired) electrons. The third-order valence-electron chi connectivity index (χ3n) is 5.95. The highest BCUT2D eigenvalue weighted by atomic mass is 32.2. The number of hydrazone groups is 1. The fourth-order valence-electron chi connectivity index (χ4n) is 4.37. The molecule has 25 heavy (non-hydrogen) atoms. The van der Waals surface area contributed by atoms with Gasteiger partial charge in [0, 0.05) is 11.1 Å². The Bertz CT molecular complexity index is 907. The van der Waals surface area contributed by atoms with Gasteiger partial charge in [-0.15, -0.1) is 0 Å². The lowest BCUT2D eigenvalue weighted by atomic mass is 9.70. The smallest absolute Gasteiger partial charge is 0.276 e. The number of sulfonamides is 1. The molecule has 2 aliphatic rings. The topological polar surface area (TPSA) is 113 Å². The van der Waals surface area contributed by atoms with Gasteiger partial charge in [-0.2, -0.15) is 21.9 Å². The Labute approximate surface area is 148 Å². The van der Waals surface area contributed by atoms with Gasteiger partial charge in [0.2, 0.25) is 0 Å². The lowest BCUT2D eigenvalue weighted by Crippen LogP contribution is -2.43. The standard InChI is InChI=1S/C16H22N2O5S2/c1-15(2)12-8-9-16(15,11-24(19,20)21)14(10-12)17-18-25(22,23)13-6-4-3-5-7-13/h3-7,12,18H,8-11H2,1-2H3,(H,19,20,21)/b17-14+/t12-,16-/m1/s1. The lowest BCUT2D eigenvalue weighted by molar-refractivity contribution is 0.193. The second kappa shape index (κ2) is 5.78. The van der Waals surface area contributed by atoms with Crippen LogP contribution in [0.15, 0.2) is 40.3 Å². The van der Waals surface area contributed by atoms with Crippen molar-refractivity contribution in [3.8, 4) is 0 Å². The maximum atomic E-state index is 12.4. The summed E-state index contributed by atoms with van der Waals surface area (Å²) in [4.78, 5) is 2.32. The van der Waals surface area contributed by atoms with Crippen molar-refractivity contribution in [1.29, 1.82) is 0 Å². The Balaban J connectivity index is 1.95. The Hall–Kier alpha value is -1.45. The summed E-state index contributed by atoms with van der Waals surface area (Å²) in [6, 6.07) is 7.86. The molecule has 138 valence electrons. The van der Waals surface area contributed by atoms with Gasteiger partial charge in [0.25, 0.3) is 20.1 Å². The van der Waals surface area contributed by atoms with Crippen LogP contribution in [0.3, 0.4) is 0 Å². The lowest BCUT2D eigenvalue weighted by Gasteiger charge is -2.37. The number of hydrogen-bond acceptors (Lipinski definition) is 5. The molecule has 0 heterocycles. The summed E-state index contributed by atoms with van der Waals surface area (Å²) in [5, 5.41) is 4.11. The molecule has 0 aromatic heterocycles. The van der Waals surface area contributed by atoms with Crippen LogP contribution >= 0.6 is 0 Å². The molecule has 9 heteroatoms. The molecule has 2 fully saturated rings. The zero-order chi connectivity index (χ0) is 18.5. The molecule has 1 aromatic carbocycles. The van der Waals surface area contributed by atoms with E-state index < -0.39 is 31.3 Å². The summed E-state index contributed by atoms with van der Waals surface area (Å²) in [6.07, 6.45) is 1.93. The van der Waals surface area contributed by atoms with Crippen molar-refractivity contribution in [1.82, 2.24) is 4.83 Å². The number of hydrogen-bond donors (Lipinski definition) is 2. The van der Waals surface area contributed by atoms with E-state index in [9.17, 15) is 21.4 Å². The molecule has 0 spiro atoms. The quantitative estimate of drug-likeness (QED) is 0.594. The van der Waals surface area contributed by atoms with Crippen molar-refractivity contribution in [2.45, 2.75) is 38.0 Å². The van der Waals surface area contributed by atoms with Crippen LogP contribution in [0.2, 0.25) is 0 Å². The summed E-state index contributed by atoms with van der Waals surface area (Å²) in [5.74, 6) is -0.218. The third kappa shape index (κ3) is 3.09. The monoisotopic (exact) mass is 386 g/mol. The van der Waals surface area contributed by atoms with Crippen LogP contribution < -0.4 is 4.83 Å². The Morgan fingerprint density at radius 2 is 1.84 bits per heavy atom. The Morgan fingerprint density at radius 1 is 1.20 bits per heavy atom. The summed E-state index contributed by atoms with van der Waals surface area (Å²) >= 11 is 0. The molecule has 3 rings (SSSR count). The van der Waals surface area contributed by atoms with Gasteiger partial charge in [-0.05, 0) is 42.7 Å². The minimum Gasteiger partial charge on any atom is -0.286 e. The van der Waals surface area contributed by atoms with Gasteiger partial charge in [0.15, 0.2) is 0 Å². The van der Waals surface area contributed by atoms with E-state index >= 15 is 0 Å². The number of rotatable bonds is 5. The van der Waals surface area contributed by atoms with Crippen molar-refractivity contribution >= 4 is 25.9 Å². The molecular formula is C16H22N2O5S2. The van der Waals surface area contributed by atoms with E-state index in [0.717, 1.165) is 6.42 Å². The minimum absolute atomic E-state index is 0.0885. The van der Waals surface area contributed by atoms with E-state index in [1.807, 2.05) is 13.8 Å². The first-order chi connectivity index (χ1) is 11.5. The first-order valence-corrected chi connectivity index (χ1v) is 11.2. The summed E-state index contributed by atoms with van der Waals surface area (Å²) in [5.41, 5.74) is -0.713. The van der Waals surface area contributed by atoms with E-state index in [1.54, 1.807) is 18.2 Å². The number of nitrogens with zero attached hydrogens (tertiary/aromatic N) is 1. The van der Waals surface area contributed by atoms with Crippen LogP contribution in [-0.2, 0) is 20.1 Å². The van der Waals surface area contributed by atoms with Gasteiger partial charge in [0.1, 0.15) is 0 Å². The van der Waals surface area contributed by atoms with Crippen LogP contribution in [0.1, 0.15) is 33.1 Å². The highest BCUT2D eigenvalue weighted by Crippen LogP contribution is 2.64. The molecule has 2 N–H and O–H groups in total. The van der Waals surface area contributed by atoms with Gasteiger partial charge >= 0.3 is 0 Å². The first kappa shape index (κ1) is 18.3. The Kier molecular flexibility index (Phi) is 4.24. The van der Waals surface area contributed by atoms with E-state index in [0.29, 0.717) is 18.6 Å². The van der Waals surface area contributed by atoms with Gasteiger partial charge in [-0.1, -0.05) is 32.0 Å². The minimum atomic E-state index is -4.22. The zero-order valence-electron chi connectivity index (χ0n) is 14.1. The van der Waals surface area contributed by atoms with Gasteiger partial charge in [0.05, 0.1) is 10.6 Å².